The number of rotatable bonds is 5. The predicted octanol–water partition coefficient (Wildman–Crippen LogP) is 6.59. The Kier molecular flexibility index (Phi) is 5.92. The summed E-state index contributed by atoms with van der Waals surface area (Å²) >= 11 is 0. The van der Waals surface area contributed by atoms with E-state index in [1.54, 1.807) is 0 Å². The lowest BCUT2D eigenvalue weighted by molar-refractivity contribution is 0.396. The maximum absolute atomic E-state index is 8.93. The molecule has 0 radical (unpaired) electrons. The highest BCUT2D eigenvalue weighted by atomic mass is 14.3. The molecule has 0 spiro atoms. The molecular formula is C24H29N. The minimum atomic E-state index is 0.661. The summed E-state index contributed by atoms with van der Waals surface area (Å²) in [6, 6.07) is 19.8. The van der Waals surface area contributed by atoms with Gasteiger partial charge in [-0.1, -0.05) is 50.2 Å². The molecule has 0 saturated heterocycles. The molecule has 2 aromatic carbocycles. The Morgan fingerprint density at radius 1 is 0.840 bits per heavy atom. The first kappa shape index (κ1) is 17.7. The monoisotopic (exact) mass is 331 g/mol. The highest BCUT2D eigenvalue weighted by Gasteiger charge is 2.23. The fraction of sp³-hybridized carbons (Fsp3) is 0.458. The maximum atomic E-state index is 8.93. The summed E-state index contributed by atoms with van der Waals surface area (Å²) in [6.07, 6.45) is 7.53. The van der Waals surface area contributed by atoms with Crippen molar-refractivity contribution in [2.75, 3.05) is 0 Å². The van der Waals surface area contributed by atoms with Gasteiger partial charge >= 0.3 is 0 Å². The smallest absolute Gasteiger partial charge is 0.0991 e. The van der Waals surface area contributed by atoms with Crippen LogP contribution in [-0.4, -0.2) is 0 Å². The molecule has 1 aliphatic rings. The Hall–Kier alpha value is -2.07. The van der Waals surface area contributed by atoms with E-state index >= 15 is 0 Å². The lowest BCUT2D eigenvalue weighted by Gasteiger charge is -2.29. The topological polar surface area (TPSA) is 23.8 Å². The number of aryl methyl sites for hydroxylation is 1. The summed E-state index contributed by atoms with van der Waals surface area (Å²) in [5, 5.41) is 8.93. The van der Waals surface area contributed by atoms with Crippen LogP contribution in [0.3, 0.4) is 0 Å². The van der Waals surface area contributed by atoms with Crippen molar-refractivity contribution in [2.45, 2.75) is 64.2 Å². The van der Waals surface area contributed by atoms with Crippen molar-refractivity contribution in [3.05, 3.63) is 70.8 Å². The molecule has 1 nitrogen and oxygen atoms in total. The van der Waals surface area contributed by atoms with Gasteiger partial charge in [0.2, 0.25) is 0 Å². The first-order valence-electron chi connectivity index (χ1n) is 9.74. The van der Waals surface area contributed by atoms with Gasteiger partial charge in [-0.3, -0.25) is 0 Å². The van der Waals surface area contributed by atoms with Crippen molar-refractivity contribution in [3.8, 4) is 6.07 Å². The van der Waals surface area contributed by atoms with Gasteiger partial charge in [-0.15, -0.1) is 0 Å². The summed E-state index contributed by atoms with van der Waals surface area (Å²) in [4.78, 5) is 0. The fourth-order valence-corrected chi connectivity index (χ4v) is 4.00. The van der Waals surface area contributed by atoms with Crippen LogP contribution in [0.15, 0.2) is 48.5 Å². The third-order valence-corrected chi connectivity index (χ3v) is 5.70. The van der Waals surface area contributed by atoms with E-state index in [9.17, 15) is 0 Å². The molecule has 0 amide bonds. The summed E-state index contributed by atoms with van der Waals surface area (Å²) in [6.45, 7) is 4.58. The van der Waals surface area contributed by atoms with Gasteiger partial charge in [0.25, 0.3) is 0 Å². The summed E-state index contributed by atoms with van der Waals surface area (Å²) in [5.74, 6) is 2.15. The van der Waals surface area contributed by atoms with Crippen molar-refractivity contribution in [2.24, 2.45) is 5.92 Å². The number of hydrogen-bond acceptors (Lipinski definition) is 1. The van der Waals surface area contributed by atoms with Gasteiger partial charge in [-0.05, 0) is 85.1 Å². The van der Waals surface area contributed by atoms with Crippen LogP contribution < -0.4 is 0 Å². The summed E-state index contributed by atoms with van der Waals surface area (Å²) < 4.78 is 0. The van der Waals surface area contributed by atoms with Gasteiger partial charge < -0.3 is 0 Å². The van der Waals surface area contributed by atoms with Crippen molar-refractivity contribution < 1.29 is 0 Å². The Labute approximate surface area is 152 Å². The average Bonchev–Trinajstić information content (AvgIpc) is 2.67. The second-order valence-electron chi connectivity index (χ2n) is 7.96. The van der Waals surface area contributed by atoms with Crippen LogP contribution in [0.5, 0.6) is 0 Å². The molecule has 0 N–H and O–H groups in total. The fourth-order valence-electron chi connectivity index (χ4n) is 4.00. The van der Waals surface area contributed by atoms with Crippen LogP contribution in [0.4, 0.5) is 0 Å². The van der Waals surface area contributed by atoms with E-state index in [2.05, 4.69) is 56.3 Å². The molecule has 1 saturated carbocycles. The van der Waals surface area contributed by atoms with Crippen molar-refractivity contribution in [3.63, 3.8) is 0 Å². The zero-order chi connectivity index (χ0) is 17.6. The molecule has 25 heavy (non-hydrogen) atoms. The molecule has 3 rings (SSSR count). The van der Waals surface area contributed by atoms with Crippen molar-refractivity contribution in [1.29, 1.82) is 5.26 Å². The van der Waals surface area contributed by atoms with Gasteiger partial charge in [0, 0.05) is 0 Å². The van der Waals surface area contributed by atoms with Crippen LogP contribution in [-0.2, 0) is 6.42 Å². The first-order valence-corrected chi connectivity index (χ1v) is 9.74. The van der Waals surface area contributed by atoms with Gasteiger partial charge in [0.05, 0.1) is 11.6 Å². The van der Waals surface area contributed by atoms with Crippen LogP contribution in [0, 0.1) is 17.2 Å². The Balaban J connectivity index is 1.55. The standard InChI is InChI=1S/C24H29N/c1-18(2)3-4-19-5-9-21(10-6-19)23-13-15-24(16-14-23)22-11-7-20(17-25)8-12-22/h5-12,18,23-24H,3-4,13-16H2,1-2H3. The van der Waals surface area contributed by atoms with Gasteiger partial charge in [0.1, 0.15) is 0 Å². The third-order valence-electron chi connectivity index (χ3n) is 5.70. The molecule has 1 heteroatoms. The molecule has 0 aliphatic heterocycles. The molecule has 0 atom stereocenters. The Bertz CT molecular complexity index is 695. The third kappa shape index (κ3) is 4.73. The second-order valence-corrected chi connectivity index (χ2v) is 7.96. The number of hydrogen-bond donors (Lipinski definition) is 0. The lowest BCUT2D eigenvalue weighted by Crippen LogP contribution is -2.12. The van der Waals surface area contributed by atoms with E-state index in [4.69, 9.17) is 5.26 Å². The van der Waals surface area contributed by atoms with Crippen LogP contribution in [0.1, 0.15) is 80.0 Å². The molecule has 130 valence electrons. The molecule has 1 fully saturated rings. The summed E-state index contributed by atoms with van der Waals surface area (Å²) in [5.41, 5.74) is 5.16. The minimum absolute atomic E-state index is 0.661. The Morgan fingerprint density at radius 3 is 1.76 bits per heavy atom. The minimum Gasteiger partial charge on any atom is -0.192 e. The van der Waals surface area contributed by atoms with Crippen LogP contribution in [0.25, 0.3) is 0 Å². The Morgan fingerprint density at radius 2 is 1.32 bits per heavy atom. The van der Waals surface area contributed by atoms with Crippen LogP contribution >= 0.6 is 0 Å². The molecule has 0 bridgehead atoms. The molecule has 0 unspecified atom stereocenters. The number of nitriles is 1. The lowest BCUT2D eigenvalue weighted by atomic mass is 9.76. The van der Waals surface area contributed by atoms with E-state index in [0.717, 1.165) is 11.5 Å². The molecule has 1 aliphatic carbocycles. The van der Waals surface area contributed by atoms with Crippen molar-refractivity contribution in [1.82, 2.24) is 0 Å². The average molecular weight is 332 g/mol. The van der Waals surface area contributed by atoms with Crippen molar-refractivity contribution >= 4 is 0 Å². The van der Waals surface area contributed by atoms with E-state index in [1.807, 2.05) is 12.1 Å². The van der Waals surface area contributed by atoms with E-state index in [1.165, 1.54) is 55.2 Å². The molecule has 0 aromatic heterocycles. The second kappa shape index (κ2) is 8.34. The largest absolute Gasteiger partial charge is 0.192 e. The summed E-state index contributed by atoms with van der Waals surface area (Å²) in [7, 11) is 0. The zero-order valence-electron chi connectivity index (χ0n) is 15.5. The first-order chi connectivity index (χ1) is 12.2. The quantitative estimate of drug-likeness (QED) is 0.606. The maximum Gasteiger partial charge on any atom is 0.0991 e. The highest BCUT2D eigenvalue weighted by Crippen LogP contribution is 2.40. The SMILES string of the molecule is CC(C)CCc1ccc(C2CCC(c3ccc(C#N)cc3)CC2)cc1. The predicted molar refractivity (Wildman–Crippen MR) is 105 cm³/mol. The van der Waals surface area contributed by atoms with E-state index in [-0.39, 0.29) is 0 Å². The van der Waals surface area contributed by atoms with Crippen LogP contribution in [0.2, 0.25) is 0 Å². The van der Waals surface area contributed by atoms with Gasteiger partial charge in [-0.2, -0.15) is 5.26 Å². The molecule has 2 aromatic rings. The number of benzene rings is 2. The van der Waals surface area contributed by atoms with Gasteiger partial charge in [-0.25, -0.2) is 0 Å². The normalized spacial score (nSPS) is 20.4. The van der Waals surface area contributed by atoms with Gasteiger partial charge in [0.15, 0.2) is 0 Å². The zero-order valence-corrected chi connectivity index (χ0v) is 15.5. The van der Waals surface area contributed by atoms with E-state index in [0.29, 0.717) is 11.8 Å². The highest BCUT2D eigenvalue weighted by molar-refractivity contribution is 5.33. The molecular weight excluding hydrogens is 302 g/mol. The number of nitrogens with zero attached hydrogens (tertiary/aromatic N) is 1. The molecule has 0 heterocycles. The van der Waals surface area contributed by atoms with E-state index < -0.39 is 0 Å².